The molecule has 1 amide bonds. The zero-order valence-electron chi connectivity index (χ0n) is 11.0. The summed E-state index contributed by atoms with van der Waals surface area (Å²) in [4.78, 5) is 11.8. The first-order chi connectivity index (χ1) is 8.05. The minimum absolute atomic E-state index is 0.0367. The van der Waals surface area contributed by atoms with Crippen molar-refractivity contribution in [1.29, 1.82) is 0 Å². The van der Waals surface area contributed by atoms with E-state index in [0.717, 1.165) is 32.3 Å². The predicted molar refractivity (Wildman–Crippen MR) is 66.7 cm³/mol. The van der Waals surface area contributed by atoms with E-state index in [1.54, 1.807) is 0 Å². The number of rotatable bonds is 6. The van der Waals surface area contributed by atoms with Crippen molar-refractivity contribution < 1.29 is 14.6 Å². The summed E-state index contributed by atoms with van der Waals surface area (Å²) in [7, 11) is 0. The Balaban J connectivity index is 2.11. The second-order valence-corrected chi connectivity index (χ2v) is 5.63. The van der Waals surface area contributed by atoms with E-state index in [1.807, 2.05) is 13.8 Å². The smallest absolute Gasteiger partial charge is 0.225 e. The van der Waals surface area contributed by atoms with Crippen LogP contribution >= 0.6 is 0 Å². The van der Waals surface area contributed by atoms with E-state index in [2.05, 4.69) is 5.32 Å². The summed E-state index contributed by atoms with van der Waals surface area (Å²) in [6.07, 6.45) is 3.75. The third-order valence-corrected chi connectivity index (χ3v) is 3.29. The molecular weight excluding hydrogens is 218 g/mol. The van der Waals surface area contributed by atoms with E-state index in [-0.39, 0.29) is 23.8 Å². The summed E-state index contributed by atoms with van der Waals surface area (Å²) in [5.74, 6) is 0.154. The third-order valence-electron chi connectivity index (χ3n) is 3.29. The molecule has 1 atom stereocenters. The molecule has 0 aromatic heterocycles. The number of aliphatic hydroxyl groups excluding tert-OH is 1. The number of carbonyl (C=O) groups excluding carboxylic acids is 1. The standard InChI is InChI=1S/C13H25NO3/c1-13(2,10-15)6-4-7-14-12(16)11-5-3-8-17-9-11/h11,15H,3-10H2,1-2H3,(H,14,16). The van der Waals surface area contributed by atoms with E-state index in [1.165, 1.54) is 0 Å². The minimum Gasteiger partial charge on any atom is -0.396 e. The van der Waals surface area contributed by atoms with Gasteiger partial charge in [-0.3, -0.25) is 4.79 Å². The Bertz CT molecular complexity index is 235. The molecule has 0 saturated carbocycles. The fourth-order valence-electron chi connectivity index (χ4n) is 1.95. The topological polar surface area (TPSA) is 58.6 Å². The van der Waals surface area contributed by atoms with Crippen LogP contribution in [-0.2, 0) is 9.53 Å². The van der Waals surface area contributed by atoms with Gasteiger partial charge in [0.25, 0.3) is 0 Å². The van der Waals surface area contributed by atoms with Crippen molar-refractivity contribution in [2.45, 2.75) is 39.5 Å². The zero-order valence-corrected chi connectivity index (χ0v) is 11.0. The SMILES string of the molecule is CC(C)(CO)CCCNC(=O)C1CCCOC1. The summed E-state index contributed by atoms with van der Waals surface area (Å²) in [5, 5.41) is 12.1. The first kappa shape index (κ1) is 14.5. The van der Waals surface area contributed by atoms with Crippen LogP contribution in [0.2, 0.25) is 0 Å². The van der Waals surface area contributed by atoms with Crippen molar-refractivity contribution in [3.8, 4) is 0 Å². The summed E-state index contributed by atoms with van der Waals surface area (Å²) in [6.45, 7) is 6.30. The van der Waals surface area contributed by atoms with Gasteiger partial charge in [-0.15, -0.1) is 0 Å². The molecule has 1 heterocycles. The monoisotopic (exact) mass is 243 g/mol. The first-order valence-electron chi connectivity index (χ1n) is 6.51. The van der Waals surface area contributed by atoms with Crippen LogP contribution in [-0.4, -0.2) is 37.4 Å². The molecule has 1 saturated heterocycles. The van der Waals surface area contributed by atoms with Crippen LogP contribution in [0.5, 0.6) is 0 Å². The van der Waals surface area contributed by atoms with Gasteiger partial charge in [0.05, 0.1) is 12.5 Å². The molecule has 0 bridgehead atoms. The zero-order chi connectivity index (χ0) is 12.7. The maximum Gasteiger partial charge on any atom is 0.225 e. The van der Waals surface area contributed by atoms with Crippen molar-refractivity contribution in [2.75, 3.05) is 26.4 Å². The van der Waals surface area contributed by atoms with Gasteiger partial charge < -0.3 is 15.2 Å². The van der Waals surface area contributed by atoms with Crippen molar-refractivity contribution in [2.24, 2.45) is 11.3 Å². The number of amides is 1. The molecule has 1 unspecified atom stereocenters. The number of nitrogens with one attached hydrogen (secondary N) is 1. The van der Waals surface area contributed by atoms with E-state index in [9.17, 15) is 4.79 Å². The average Bonchev–Trinajstić information content (AvgIpc) is 2.35. The van der Waals surface area contributed by atoms with Gasteiger partial charge in [-0.1, -0.05) is 13.8 Å². The van der Waals surface area contributed by atoms with Crippen LogP contribution in [0.15, 0.2) is 0 Å². The van der Waals surface area contributed by atoms with Crippen LogP contribution in [0, 0.1) is 11.3 Å². The summed E-state index contributed by atoms with van der Waals surface area (Å²) in [6, 6.07) is 0. The average molecular weight is 243 g/mol. The van der Waals surface area contributed by atoms with Crippen molar-refractivity contribution in [3.05, 3.63) is 0 Å². The van der Waals surface area contributed by atoms with Gasteiger partial charge in [-0.05, 0) is 31.1 Å². The lowest BCUT2D eigenvalue weighted by Crippen LogP contribution is -2.36. The molecule has 100 valence electrons. The molecule has 2 N–H and O–H groups in total. The minimum atomic E-state index is -0.0430. The number of hydrogen-bond acceptors (Lipinski definition) is 3. The molecule has 0 aromatic rings. The Hall–Kier alpha value is -0.610. The molecule has 0 spiro atoms. The largest absolute Gasteiger partial charge is 0.396 e. The molecule has 1 aliphatic heterocycles. The lowest BCUT2D eigenvalue weighted by atomic mass is 9.89. The summed E-state index contributed by atoms with van der Waals surface area (Å²) in [5.41, 5.74) is -0.0430. The maximum absolute atomic E-state index is 11.8. The highest BCUT2D eigenvalue weighted by atomic mass is 16.5. The highest BCUT2D eigenvalue weighted by Gasteiger charge is 2.21. The molecule has 4 nitrogen and oxygen atoms in total. The quantitative estimate of drug-likeness (QED) is 0.692. The molecule has 0 aliphatic carbocycles. The highest BCUT2D eigenvalue weighted by Crippen LogP contribution is 2.20. The highest BCUT2D eigenvalue weighted by molar-refractivity contribution is 5.78. The number of hydrogen-bond donors (Lipinski definition) is 2. The Morgan fingerprint density at radius 2 is 2.29 bits per heavy atom. The fourth-order valence-corrected chi connectivity index (χ4v) is 1.95. The number of carbonyl (C=O) groups is 1. The number of ether oxygens (including phenoxy) is 1. The van der Waals surface area contributed by atoms with E-state index < -0.39 is 0 Å². The van der Waals surface area contributed by atoms with Gasteiger partial charge in [-0.25, -0.2) is 0 Å². The second-order valence-electron chi connectivity index (χ2n) is 5.63. The second kappa shape index (κ2) is 6.97. The normalized spacial score (nSPS) is 21.2. The Morgan fingerprint density at radius 1 is 1.53 bits per heavy atom. The molecular formula is C13H25NO3. The van der Waals surface area contributed by atoms with E-state index in [0.29, 0.717) is 13.2 Å². The third kappa shape index (κ3) is 5.50. The lowest BCUT2D eigenvalue weighted by Gasteiger charge is -2.23. The Labute approximate surface area is 104 Å². The van der Waals surface area contributed by atoms with Crippen LogP contribution in [0.3, 0.4) is 0 Å². The van der Waals surface area contributed by atoms with Crippen LogP contribution in [0.1, 0.15) is 39.5 Å². The predicted octanol–water partition coefficient (Wildman–Crippen LogP) is 1.33. The fraction of sp³-hybridized carbons (Fsp3) is 0.923. The van der Waals surface area contributed by atoms with Crippen LogP contribution in [0.25, 0.3) is 0 Å². The molecule has 1 fully saturated rings. The summed E-state index contributed by atoms with van der Waals surface area (Å²) >= 11 is 0. The molecule has 1 rings (SSSR count). The van der Waals surface area contributed by atoms with Crippen LogP contribution in [0.4, 0.5) is 0 Å². The van der Waals surface area contributed by atoms with Crippen molar-refractivity contribution in [3.63, 3.8) is 0 Å². The first-order valence-corrected chi connectivity index (χ1v) is 6.51. The van der Waals surface area contributed by atoms with Gasteiger partial charge in [-0.2, -0.15) is 0 Å². The van der Waals surface area contributed by atoms with E-state index in [4.69, 9.17) is 9.84 Å². The molecule has 17 heavy (non-hydrogen) atoms. The Morgan fingerprint density at radius 3 is 2.88 bits per heavy atom. The van der Waals surface area contributed by atoms with Crippen molar-refractivity contribution in [1.82, 2.24) is 5.32 Å². The van der Waals surface area contributed by atoms with Gasteiger partial charge in [0.1, 0.15) is 0 Å². The van der Waals surface area contributed by atoms with Gasteiger partial charge in [0, 0.05) is 19.8 Å². The lowest BCUT2D eigenvalue weighted by molar-refractivity contribution is -0.128. The van der Waals surface area contributed by atoms with Crippen LogP contribution < -0.4 is 5.32 Å². The maximum atomic E-state index is 11.8. The van der Waals surface area contributed by atoms with E-state index >= 15 is 0 Å². The molecule has 1 aliphatic rings. The van der Waals surface area contributed by atoms with Gasteiger partial charge >= 0.3 is 0 Å². The Kier molecular flexibility index (Phi) is 5.92. The molecule has 0 radical (unpaired) electrons. The van der Waals surface area contributed by atoms with Crippen molar-refractivity contribution >= 4 is 5.91 Å². The number of aliphatic hydroxyl groups is 1. The van der Waals surface area contributed by atoms with Gasteiger partial charge in [0.15, 0.2) is 0 Å². The molecule has 0 aromatic carbocycles. The molecule has 4 heteroatoms. The summed E-state index contributed by atoms with van der Waals surface area (Å²) < 4.78 is 5.29. The van der Waals surface area contributed by atoms with Gasteiger partial charge in [0.2, 0.25) is 5.91 Å².